The highest BCUT2D eigenvalue weighted by molar-refractivity contribution is 5.26. The van der Waals surface area contributed by atoms with Gasteiger partial charge in [-0.1, -0.05) is 37.6 Å². The van der Waals surface area contributed by atoms with Crippen molar-refractivity contribution in [2.24, 2.45) is 5.92 Å². The van der Waals surface area contributed by atoms with Crippen molar-refractivity contribution in [1.82, 2.24) is 5.32 Å². The first-order chi connectivity index (χ1) is 9.02. The van der Waals surface area contributed by atoms with E-state index >= 15 is 0 Å². The molecule has 1 N–H and O–H groups in total. The summed E-state index contributed by atoms with van der Waals surface area (Å²) in [5.41, 5.74) is 1.94. The fourth-order valence-electron chi connectivity index (χ4n) is 2.77. The van der Waals surface area contributed by atoms with E-state index in [0.717, 1.165) is 18.4 Å². The van der Waals surface area contributed by atoms with E-state index in [9.17, 15) is 13.2 Å². The van der Waals surface area contributed by atoms with Gasteiger partial charge in [-0.05, 0) is 36.9 Å². The Morgan fingerprint density at radius 1 is 1.21 bits per heavy atom. The SMILES string of the molecule is CCCc1ccc(C2NCCCC2C(F)(F)F)cc1. The number of alkyl halides is 3. The zero-order chi connectivity index (χ0) is 13.9. The number of benzene rings is 1. The molecule has 1 saturated heterocycles. The summed E-state index contributed by atoms with van der Waals surface area (Å²) in [5.74, 6) is -1.27. The maximum Gasteiger partial charge on any atom is 0.393 e. The molecule has 0 spiro atoms. The van der Waals surface area contributed by atoms with Gasteiger partial charge in [0.2, 0.25) is 0 Å². The average Bonchev–Trinajstić information content (AvgIpc) is 2.39. The Hall–Kier alpha value is -1.03. The molecular weight excluding hydrogens is 251 g/mol. The summed E-state index contributed by atoms with van der Waals surface area (Å²) in [6.07, 6.45) is -1.29. The minimum absolute atomic E-state index is 0.220. The lowest BCUT2D eigenvalue weighted by molar-refractivity contribution is -0.189. The molecule has 2 rings (SSSR count). The minimum Gasteiger partial charge on any atom is -0.309 e. The molecule has 1 nitrogen and oxygen atoms in total. The highest BCUT2D eigenvalue weighted by atomic mass is 19.4. The fourth-order valence-corrected chi connectivity index (χ4v) is 2.77. The first-order valence-electron chi connectivity index (χ1n) is 6.91. The molecule has 0 aromatic heterocycles. The van der Waals surface area contributed by atoms with E-state index in [0.29, 0.717) is 13.0 Å². The monoisotopic (exact) mass is 271 g/mol. The molecule has 1 aliphatic heterocycles. The number of nitrogens with one attached hydrogen (secondary N) is 1. The summed E-state index contributed by atoms with van der Waals surface area (Å²) in [4.78, 5) is 0. The van der Waals surface area contributed by atoms with Crippen molar-refractivity contribution in [3.05, 3.63) is 35.4 Å². The maximum atomic E-state index is 13.0. The normalized spacial score (nSPS) is 24.4. The smallest absolute Gasteiger partial charge is 0.309 e. The van der Waals surface area contributed by atoms with Gasteiger partial charge in [-0.25, -0.2) is 0 Å². The zero-order valence-electron chi connectivity index (χ0n) is 11.1. The second-order valence-electron chi connectivity index (χ2n) is 5.21. The molecule has 1 aliphatic rings. The molecule has 2 unspecified atom stereocenters. The van der Waals surface area contributed by atoms with Crippen LogP contribution in [0.1, 0.15) is 43.4 Å². The van der Waals surface area contributed by atoms with Crippen LogP contribution in [0.2, 0.25) is 0 Å². The third-order valence-corrected chi connectivity index (χ3v) is 3.76. The Kier molecular flexibility index (Phi) is 4.50. The summed E-state index contributed by atoms with van der Waals surface area (Å²) >= 11 is 0. The Morgan fingerprint density at radius 3 is 2.47 bits per heavy atom. The van der Waals surface area contributed by atoms with E-state index in [1.54, 1.807) is 0 Å². The van der Waals surface area contributed by atoms with Gasteiger partial charge in [0.15, 0.2) is 0 Å². The predicted molar refractivity (Wildman–Crippen MR) is 70.0 cm³/mol. The van der Waals surface area contributed by atoms with E-state index < -0.39 is 18.1 Å². The number of hydrogen-bond donors (Lipinski definition) is 1. The van der Waals surface area contributed by atoms with Gasteiger partial charge in [0, 0.05) is 6.04 Å². The van der Waals surface area contributed by atoms with Crippen LogP contribution in [0, 0.1) is 5.92 Å². The summed E-state index contributed by atoms with van der Waals surface area (Å²) in [6, 6.07) is 6.98. The minimum atomic E-state index is -4.12. The van der Waals surface area contributed by atoms with Gasteiger partial charge in [-0.15, -0.1) is 0 Å². The third-order valence-electron chi connectivity index (χ3n) is 3.76. The molecule has 0 radical (unpaired) electrons. The standard InChI is InChI=1S/C15H20F3N/c1-2-4-11-6-8-12(9-7-11)14-13(15(16,17)18)5-3-10-19-14/h6-9,13-14,19H,2-5,10H2,1H3. The van der Waals surface area contributed by atoms with Crippen LogP contribution >= 0.6 is 0 Å². The van der Waals surface area contributed by atoms with Crippen LogP contribution in [0.3, 0.4) is 0 Å². The van der Waals surface area contributed by atoms with Crippen LogP contribution in [0.4, 0.5) is 13.2 Å². The fraction of sp³-hybridized carbons (Fsp3) is 0.600. The average molecular weight is 271 g/mol. The van der Waals surface area contributed by atoms with Crippen molar-refractivity contribution in [1.29, 1.82) is 0 Å². The third kappa shape index (κ3) is 3.50. The molecule has 2 atom stereocenters. The van der Waals surface area contributed by atoms with Gasteiger partial charge in [0.05, 0.1) is 5.92 Å². The lowest BCUT2D eigenvalue weighted by Gasteiger charge is -2.34. The number of hydrogen-bond acceptors (Lipinski definition) is 1. The van der Waals surface area contributed by atoms with Crippen molar-refractivity contribution in [2.75, 3.05) is 6.54 Å². The number of halogens is 3. The van der Waals surface area contributed by atoms with Crippen LogP contribution in [-0.4, -0.2) is 12.7 Å². The Balaban J connectivity index is 2.17. The molecular formula is C15H20F3N. The van der Waals surface area contributed by atoms with Crippen molar-refractivity contribution < 1.29 is 13.2 Å². The number of piperidine rings is 1. The van der Waals surface area contributed by atoms with Gasteiger partial charge in [-0.3, -0.25) is 0 Å². The molecule has 0 bridgehead atoms. The van der Waals surface area contributed by atoms with E-state index in [1.807, 2.05) is 24.3 Å². The molecule has 1 fully saturated rings. The van der Waals surface area contributed by atoms with Gasteiger partial charge < -0.3 is 5.32 Å². The zero-order valence-corrected chi connectivity index (χ0v) is 11.1. The largest absolute Gasteiger partial charge is 0.393 e. The molecule has 4 heteroatoms. The highest BCUT2D eigenvalue weighted by Crippen LogP contribution is 2.41. The molecule has 1 aromatic carbocycles. The predicted octanol–water partition coefficient (Wildman–Crippen LogP) is 4.24. The van der Waals surface area contributed by atoms with Gasteiger partial charge in [0.1, 0.15) is 0 Å². The van der Waals surface area contributed by atoms with E-state index in [1.165, 1.54) is 5.56 Å². The quantitative estimate of drug-likeness (QED) is 0.867. The molecule has 0 amide bonds. The van der Waals surface area contributed by atoms with Gasteiger partial charge in [0.25, 0.3) is 0 Å². The molecule has 0 saturated carbocycles. The van der Waals surface area contributed by atoms with Gasteiger partial charge in [-0.2, -0.15) is 13.2 Å². The van der Waals surface area contributed by atoms with Crippen LogP contribution in [0.5, 0.6) is 0 Å². The Labute approximate surface area is 112 Å². The van der Waals surface area contributed by atoms with Crippen molar-refractivity contribution in [3.63, 3.8) is 0 Å². The van der Waals surface area contributed by atoms with Gasteiger partial charge >= 0.3 is 6.18 Å². The Morgan fingerprint density at radius 2 is 1.89 bits per heavy atom. The molecule has 106 valence electrons. The van der Waals surface area contributed by atoms with E-state index in [-0.39, 0.29) is 6.42 Å². The Bertz CT molecular complexity index is 397. The first kappa shape index (κ1) is 14.4. The number of rotatable bonds is 3. The van der Waals surface area contributed by atoms with E-state index in [4.69, 9.17) is 0 Å². The van der Waals surface area contributed by atoms with Crippen LogP contribution < -0.4 is 5.32 Å². The van der Waals surface area contributed by atoms with Crippen molar-refractivity contribution in [2.45, 2.75) is 44.8 Å². The molecule has 1 heterocycles. The second kappa shape index (κ2) is 5.95. The molecule has 19 heavy (non-hydrogen) atoms. The number of aryl methyl sites for hydroxylation is 1. The topological polar surface area (TPSA) is 12.0 Å². The van der Waals surface area contributed by atoms with Crippen LogP contribution in [0.25, 0.3) is 0 Å². The summed E-state index contributed by atoms with van der Waals surface area (Å²) in [5, 5.41) is 3.02. The lowest BCUT2D eigenvalue weighted by atomic mass is 9.85. The summed E-state index contributed by atoms with van der Waals surface area (Å²) in [6.45, 7) is 2.75. The van der Waals surface area contributed by atoms with Crippen LogP contribution in [0.15, 0.2) is 24.3 Å². The summed E-state index contributed by atoms with van der Waals surface area (Å²) < 4.78 is 39.1. The van der Waals surface area contributed by atoms with Crippen LogP contribution in [-0.2, 0) is 6.42 Å². The lowest BCUT2D eigenvalue weighted by Crippen LogP contribution is -2.41. The first-order valence-corrected chi connectivity index (χ1v) is 6.91. The second-order valence-corrected chi connectivity index (χ2v) is 5.21. The van der Waals surface area contributed by atoms with Crippen molar-refractivity contribution in [3.8, 4) is 0 Å². The van der Waals surface area contributed by atoms with Crippen molar-refractivity contribution >= 4 is 0 Å². The van der Waals surface area contributed by atoms with E-state index in [2.05, 4.69) is 12.2 Å². The molecule has 0 aliphatic carbocycles. The highest BCUT2D eigenvalue weighted by Gasteiger charge is 2.45. The summed E-state index contributed by atoms with van der Waals surface area (Å²) in [7, 11) is 0. The maximum absolute atomic E-state index is 13.0. The molecule has 1 aromatic rings.